The van der Waals surface area contributed by atoms with Gasteiger partial charge in [-0.15, -0.1) is 0 Å². The van der Waals surface area contributed by atoms with Gasteiger partial charge in [0.15, 0.2) is 6.10 Å². The summed E-state index contributed by atoms with van der Waals surface area (Å²) in [5.74, 6) is -0.134. The van der Waals surface area contributed by atoms with Gasteiger partial charge >= 0.3 is 5.97 Å². The van der Waals surface area contributed by atoms with Crippen molar-refractivity contribution in [3.63, 3.8) is 0 Å². The molecule has 2 rings (SSSR count). The van der Waals surface area contributed by atoms with Crippen LogP contribution in [0.3, 0.4) is 0 Å². The predicted octanol–water partition coefficient (Wildman–Crippen LogP) is 3.38. The Morgan fingerprint density at radius 2 is 1.73 bits per heavy atom. The molecule has 0 radical (unpaired) electrons. The molecule has 2 aromatic carbocycles. The molecule has 0 fully saturated rings. The zero-order valence-electron chi connectivity index (χ0n) is 15.2. The lowest BCUT2D eigenvalue weighted by Gasteiger charge is -2.14. The minimum atomic E-state index is -0.853. The van der Waals surface area contributed by atoms with E-state index >= 15 is 0 Å². The fraction of sp³-hybridized carbons (Fsp3) is 0.333. The van der Waals surface area contributed by atoms with Gasteiger partial charge < -0.3 is 14.8 Å². The quantitative estimate of drug-likeness (QED) is 0.701. The summed E-state index contributed by atoms with van der Waals surface area (Å²) in [5.41, 5.74) is 1.53. The fourth-order valence-electron chi connectivity index (χ4n) is 2.31. The van der Waals surface area contributed by atoms with E-state index in [1.54, 1.807) is 31.2 Å². The van der Waals surface area contributed by atoms with Crippen LogP contribution in [0.5, 0.6) is 5.75 Å². The Hall–Kier alpha value is -2.82. The van der Waals surface area contributed by atoms with E-state index in [1.807, 2.05) is 37.3 Å². The fourth-order valence-corrected chi connectivity index (χ4v) is 2.31. The number of carbonyl (C=O) groups is 2. The lowest BCUT2D eigenvalue weighted by atomic mass is 10.1. The lowest BCUT2D eigenvalue weighted by Crippen LogP contribution is -2.36. The Balaban J connectivity index is 1.77. The highest BCUT2D eigenvalue weighted by molar-refractivity contribution is 5.92. The second kappa shape index (κ2) is 10.2. The summed E-state index contributed by atoms with van der Waals surface area (Å²) >= 11 is 0. The molecule has 0 heterocycles. The van der Waals surface area contributed by atoms with Crippen molar-refractivity contribution in [2.24, 2.45) is 0 Å². The van der Waals surface area contributed by atoms with Crippen molar-refractivity contribution in [3.05, 3.63) is 65.7 Å². The maximum atomic E-state index is 12.1. The minimum absolute atomic E-state index is 0.308. The highest BCUT2D eigenvalue weighted by atomic mass is 16.5. The van der Waals surface area contributed by atoms with Crippen LogP contribution in [0.1, 0.15) is 36.2 Å². The first-order valence-corrected chi connectivity index (χ1v) is 8.85. The van der Waals surface area contributed by atoms with Crippen LogP contribution in [0.4, 0.5) is 0 Å². The van der Waals surface area contributed by atoms with Crippen LogP contribution >= 0.6 is 0 Å². The van der Waals surface area contributed by atoms with E-state index in [0.29, 0.717) is 24.5 Å². The Bertz CT molecular complexity index is 698. The van der Waals surface area contributed by atoms with Gasteiger partial charge in [-0.05, 0) is 49.6 Å². The van der Waals surface area contributed by atoms with E-state index in [1.165, 1.54) is 0 Å². The van der Waals surface area contributed by atoms with Crippen LogP contribution in [-0.2, 0) is 16.0 Å². The van der Waals surface area contributed by atoms with Crippen molar-refractivity contribution in [1.82, 2.24) is 5.32 Å². The molecule has 0 aliphatic heterocycles. The van der Waals surface area contributed by atoms with Crippen molar-refractivity contribution < 1.29 is 19.1 Å². The van der Waals surface area contributed by atoms with Gasteiger partial charge in [0.1, 0.15) is 5.75 Å². The van der Waals surface area contributed by atoms with E-state index in [0.717, 1.165) is 18.4 Å². The molecule has 0 bridgehead atoms. The molecule has 0 spiro atoms. The number of amides is 1. The van der Waals surface area contributed by atoms with Crippen molar-refractivity contribution in [1.29, 1.82) is 0 Å². The van der Waals surface area contributed by atoms with Gasteiger partial charge in [-0.2, -0.15) is 0 Å². The minimum Gasteiger partial charge on any atom is -0.494 e. The second-order valence-corrected chi connectivity index (χ2v) is 5.95. The molecule has 0 saturated carbocycles. The Morgan fingerprint density at radius 1 is 1.04 bits per heavy atom. The van der Waals surface area contributed by atoms with Gasteiger partial charge in [0.2, 0.25) is 0 Å². The maximum absolute atomic E-state index is 12.1. The summed E-state index contributed by atoms with van der Waals surface area (Å²) in [6.07, 6.45) is 0.793. The number of benzene rings is 2. The summed E-state index contributed by atoms with van der Waals surface area (Å²) in [4.78, 5) is 24.2. The summed E-state index contributed by atoms with van der Waals surface area (Å²) in [7, 11) is 0. The SMILES string of the molecule is CCCOc1ccc(C(=O)O[C@H](C)C(=O)NCCc2ccccc2)cc1. The Labute approximate surface area is 154 Å². The van der Waals surface area contributed by atoms with Crippen molar-refractivity contribution in [2.45, 2.75) is 32.8 Å². The van der Waals surface area contributed by atoms with Crippen LogP contribution in [0.15, 0.2) is 54.6 Å². The van der Waals surface area contributed by atoms with E-state index in [2.05, 4.69) is 5.32 Å². The highest BCUT2D eigenvalue weighted by Crippen LogP contribution is 2.14. The van der Waals surface area contributed by atoms with E-state index in [9.17, 15) is 9.59 Å². The molecule has 138 valence electrons. The molecule has 0 aromatic heterocycles. The third kappa shape index (κ3) is 6.24. The summed E-state index contributed by atoms with van der Waals surface area (Å²) in [5, 5.41) is 2.78. The van der Waals surface area contributed by atoms with E-state index in [-0.39, 0.29) is 5.91 Å². The molecule has 5 nitrogen and oxygen atoms in total. The summed E-state index contributed by atoms with van der Waals surface area (Å²) in [6.45, 7) is 4.71. The van der Waals surface area contributed by atoms with Gasteiger partial charge in [-0.25, -0.2) is 4.79 Å². The molecular weight excluding hydrogens is 330 g/mol. The number of hydrogen-bond acceptors (Lipinski definition) is 4. The van der Waals surface area contributed by atoms with Gasteiger partial charge in [-0.1, -0.05) is 37.3 Å². The zero-order chi connectivity index (χ0) is 18.8. The molecule has 0 aliphatic rings. The van der Waals surface area contributed by atoms with Crippen molar-refractivity contribution in [3.8, 4) is 5.75 Å². The van der Waals surface area contributed by atoms with Crippen molar-refractivity contribution in [2.75, 3.05) is 13.2 Å². The number of rotatable bonds is 9. The average molecular weight is 355 g/mol. The molecule has 0 unspecified atom stereocenters. The number of ether oxygens (including phenoxy) is 2. The van der Waals surface area contributed by atoms with Gasteiger partial charge in [0.05, 0.1) is 12.2 Å². The molecule has 2 aromatic rings. The standard InChI is InChI=1S/C21H25NO4/c1-3-15-25-19-11-9-18(10-12-19)21(24)26-16(2)20(23)22-14-13-17-7-5-4-6-8-17/h4-12,16H,3,13-15H2,1-2H3,(H,22,23)/t16-/m1/s1. The summed E-state index contributed by atoms with van der Waals surface area (Å²) < 4.78 is 10.7. The molecule has 1 N–H and O–H groups in total. The number of carbonyl (C=O) groups excluding carboxylic acids is 2. The lowest BCUT2D eigenvalue weighted by molar-refractivity contribution is -0.129. The molecular formula is C21H25NO4. The van der Waals surface area contributed by atoms with Crippen LogP contribution in [0.25, 0.3) is 0 Å². The zero-order valence-corrected chi connectivity index (χ0v) is 15.2. The first-order chi connectivity index (χ1) is 12.6. The van der Waals surface area contributed by atoms with E-state index in [4.69, 9.17) is 9.47 Å². The monoisotopic (exact) mass is 355 g/mol. The van der Waals surface area contributed by atoms with Gasteiger partial charge in [0.25, 0.3) is 5.91 Å². The van der Waals surface area contributed by atoms with Crippen molar-refractivity contribution >= 4 is 11.9 Å². The van der Waals surface area contributed by atoms with Crippen LogP contribution in [0.2, 0.25) is 0 Å². The number of hydrogen-bond donors (Lipinski definition) is 1. The topological polar surface area (TPSA) is 64.6 Å². The average Bonchev–Trinajstić information content (AvgIpc) is 2.67. The number of esters is 1. The second-order valence-electron chi connectivity index (χ2n) is 5.95. The molecule has 0 saturated heterocycles. The van der Waals surface area contributed by atoms with E-state index < -0.39 is 12.1 Å². The van der Waals surface area contributed by atoms with Gasteiger partial charge in [0, 0.05) is 6.54 Å². The molecule has 1 atom stereocenters. The molecule has 0 aliphatic carbocycles. The summed E-state index contributed by atoms with van der Waals surface area (Å²) in [6, 6.07) is 16.6. The Kier molecular flexibility index (Phi) is 7.68. The molecule has 26 heavy (non-hydrogen) atoms. The van der Waals surface area contributed by atoms with Crippen LogP contribution in [0, 0.1) is 0 Å². The molecule has 1 amide bonds. The first-order valence-electron chi connectivity index (χ1n) is 8.85. The largest absolute Gasteiger partial charge is 0.494 e. The third-order valence-electron chi connectivity index (χ3n) is 3.77. The van der Waals surface area contributed by atoms with Crippen LogP contribution < -0.4 is 10.1 Å². The predicted molar refractivity (Wildman–Crippen MR) is 100 cm³/mol. The number of nitrogens with one attached hydrogen (secondary N) is 1. The third-order valence-corrected chi connectivity index (χ3v) is 3.77. The smallest absolute Gasteiger partial charge is 0.338 e. The van der Waals surface area contributed by atoms with Gasteiger partial charge in [-0.3, -0.25) is 4.79 Å². The normalized spacial score (nSPS) is 11.5. The highest BCUT2D eigenvalue weighted by Gasteiger charge is 2.18. The molecule has 5 heteroatoms. The first kappa shape index (κ1) is 19.5. The van der Waals surface area contributed by atoms with Crippen LogP contribution in [-0.4, -0.2) is 31.1 Å². The Morgan fingerprint density at radius 3 is 2.38 bits per heavy atom. The maximum Gasteiger partial charge on any atom is 0.338 e.